The molecule has 0 aliphatic heterocycles. The highest BCUT2D eigenvalue weighted by Crippen LogP contribution is 2.21. The number of sulfonamides is 1. The Hall–Kier alpha value is -2.87. The number of para-hydroxylation sites is 1. The van der Waals surface area contributed by atoms with Crippen molar-refractivity contribution < 1.29 is 22.7 Å². The van der Waals surface area contributed by atoms with E-state index in [1.165, 1.54) is 0 Å². The fourth-order valence-electron chi connectivity index (χ4n) is 2.38. The summed E-state index contributed by atoms with van der Waals surface area (Å²) in [6, 6.07) is 16.1. The minimum Gasteiger partial charge on any atom is -0.454 e. The lowest BCUT2D eigenvalue weighted by Crippen LogP contribution is -2.37. The average molecular weight is 390 g/mol. The average Bonchev–Trinajstić information content (AvgIpc) is 2.63. The lowest BCUT2D eigenvalue weighted by atomic mass is 10.2. The van der Waals surface area contributed by atoms with Gasteiger partial charge in [0.2, 0.25) is 10.0 Å². The molecule has 0 spiro atoms. The number of esters is 1. The molecule has 7 nitrogen and oxygen atoms in total. The minimum atomic E-state index is -3.69. The molecular weight excluding hydrogens is 368 g/mol. The number of ether oxygens (including phenoxy) is 1. The van der Waals surface area contributed by atoms with Crippen LogP contribution in [0.4, 0.5) is 5.69 Å². The first-order valence-electron chi connectivity index (χ1n) is 8.27. The van der Waals surface area contributed by atoms with Crippen molar-refractivity contribution in [3.8, 4) is 0 Å². The van der Waals surface area contributed by atoms with Crippen LogP contribution >= 0.6 is 0 Å². The number of carbonyl (C=O) groups excluding carboxylic acids is 2. The molecule has 2 rings (SSSR count). The van der Waals surface area contributed by atoms with Gasteiger partial charge in [0.25, 0.3) is 5.91 Å². The molecule has 2 aromatic rings. The van der Waals surface area contributed by atoms with Crippen LogP contribution in [-0.2, 0) is 30.9 Å². The number of carbonyl (C=O) groups is 2. The summed E-state index contributed by atoms with van der Waals surface area (Å²) >= 11 is 0. The lowest BCUT2D eigenvalue weighted by molar-refractivity contribution is -0.147. The van der Waals surface area contributed by atoms with E-state index in [0.717, 1.165) is 16.1 Å². The summed E-state index contributed by atoms with van der Waals surface area (Å²) in [5.41, 5.74) is 2.02. The maximum absolute atomic E-state index is 12.1. The lowest BCUT2D eigenvalue weighted by Gasteiger charge is -2.23. The highest BCUT2D eigenvalue weighted by Gasteiger charge is 2.23. The van der Waals surface area contributed by atoms with E-state index in [-0.39, 0.29) is 0 Å². The van der Waals surface area contributed by atoms with Gasteiger partial charge in [0.15, 0.2) is 6.61 Å². The van der Waals surface area contributed by atoms with Gasteiger partial charge in [-0.15, -0.1) is 0 Å². The number of anilines is 1. The molecule has 0 heterocycles. The monoisotopic (exact) mass is 390 g/mol. The molecule has 8 heteroatoms. The zero-order valence-corrected chi connectivity index (χ0v) is 16.0. The molecule has 0 saturated heterocycles. The summed E-state index contributed by atoms with van der Waals surface area (Å²) < 4.78 is 30.0. The van der Waals surface area contributed by atoms with E-state index in [2.05, 4.69) is 5.32 Å². The molecule has 27 heavy (non-hydrogen) atoms. The first-order chi connectivity index (χ1) is 12.8. The van der Waals surface area contributed by atoms with Crippen LogP contribution in [0.15, 0.2) is 54.6 Å². The van der Waals surface area contributed by atoms with Crippen molar-refractivity contribution in [1.82, 2.24) is 5.32 Å². The Morgan fingerprint density at radius 2 is 1.67 bits per heavy atom. The van der Waals surface area contributed by atoms with E-state index in [1.807, 2.05) is 30.3 Å². The molecule has 2 aromatic carbocycles. The third-order valence-corrected chi connectivity index (χ3v) is 4.88. The van der Waals surface area contributed by atoms with E-state index >= 15 is 0 Å². The van der Waals surface area contributed by atoms with Crippen LogP contribution in [0.3, 0.4) is 0 Å². The number of benzene rings is 2. The number of nitrogens with one attached hydrogen (secondary N) is 1. The number of amides is 1. The Morgan fingerprint density at radius 3 is 2.30 bits per heavy atom. The maximum Gasteiger partial charge on any atom is 0.327 e. The predicted molar refractivity (Wildman–Crippen MR) is 103 cm³/mol. The van der Waals surface area contributed by atoms with Crippen LogP contribution in [0.5, 0.6) is 0 Å². The van der Waals surface area contributed by atoms with Gasteiger partial charge in [-0.05, 0) is 24.1 Å². The smallest absolute Gasteiger partial charge is 0.327 e. The number of rotatable bonds is 8. The van der Waals surface area contributed by atoms with Crippen LogP contribution in [0.25, 0.3) is 0 Å². The zero-order chi connectivity index (χ0) is 19.9. The molecule has 0 atom stereocenters. The second-order valence-corrected chi connectivity index (χ2v) is 7.89. The Labute approximate surface area is 159 Å². The van der Waals surface area contributed by atoms with E-state index in [1.54, 1.807) is 31.2 Å². The van der Waals surface area contributed by atoms with Gasteiger partial charge < -0.3 is 10.1 Å². The fraction of sp³-hybridized carbons (Fsp3) is 0.263. The normalized spacial score (nSPS) is 10.9. The molecule has 1 N–H and O–H groups in total. The van der Waals surface area contributed by atoms with Crippen molar-refractivity contribution in [2.24, 2.45) is 0 Å². The number of hydrogen-bond acceptors (Lipinski definition) is 5. The van der Waals surface area contributed by atoms with E-state index in [9.17, 15) is 18.0 Å². The molecule has 1 amide bonds. The number of nitrogens with zero attached hydrogens (tertiary/aromatic N) is 1. The first kappa shape index (κ1) is 20.4. The Bertz CT molecular complexity index is 897. The van der Waals surface area contributed by atoms with Gasteiger partial charge in [0.05, 0.1) is 11.9 Å². The van der Waals surface area contributed by atoms with Gasteiger partial charge in [-0.25, -0.2) is 8.42 Å². The van der Waals surface area contributed by atoms with Gasteiger partial charge in [-0.3, -0.25) is 13.9 Å². The van der Waals surface area contributed by atoms with Gasteiger partial charge in [-0.1, -0.05) is 48.5 Å². The maximum atomic E-state index is 12.1. The Kier molecular flexibility index (Phi) is 6.95. The van der Waals surface area contributed by atoms with Crippen LogP contribution in [0, 0.1) is 6.92 Å². The van der Waals surface area contributed by atoms with E-state index < -0.39 is 35.1 Å². The molecule has 0 unspecified atom stereocenters. The van der Waals surface area contributed by atoms with Gasteiger partial charge >= 0.3 is 5.97 Å². The second-order valence-electron chi connectivity index (χ2n) is 5.98. The number of aryl methyl sites for hydroxylation is 1. The Balaban J connectivity index is 1.90. The van der Waals surface area contributed by atoms with Crippen molar-refractivity contribution >= 4 is 27.6 Å². The van der Waals surface area contributed by atoms with Gasteiger partial charge in [0, 0.05) is 6.54 Å². The SMILES string of the molecule is Cc1ccccc1N(CC(=O)OCC(=O)NCc1ccccc1)S(C)(=O)=O. The number of hydrogen-bond donors (Lipinski definition) is 1. The molecule has 0 fully saturated rings. The molecule has 0 saturated carbocycles. The molecule has 0 aliphatic rings. The molecule has 0 bridgehead atoms. The van der Waals surface area contributed by atoms with Crippen LogP contribution in [0.1, 0.15) is 11.1 Å². The van der Waals surface area contributed by atoms with E-state index in [4.69, 9.17) is 4.74 Å². The first-order valence-corrected chi connectivity index (χ1v) is 10.1. The second kappa shape index (κ2) is 9.18. The van der Waals surface area contributed by atoms with Crippen molar-refractivity contribution in [3.05, 3.63) is 65.7 Å². The largest absolute Gasteiger partial charge is 0.454 e. The fourth-order valence-corrected chi connectivity index (χ4v) is 3.28. The summed E-state index contributed by atoms with van der Waals surface area (Å²) in [5.74, 6) is -1.27. The molecule has 0 aromatic heterocycles. The zero-order valence-electron chi connectivity index (χ0n) is 15.2. The molecular formula is C19H22N2O5S. The minimum absolute atomic E-state index is 0.315. The van der Waals surface area contributed by atoms with E-state index in [0.29, 0.717) is 17.8 Å². The Morgan fingerprint density at radius 1 is 1.04 bits per heavy atom. The summed E-state index contributed by atoms with van der Waals surface area (Å²) in [4.78, 5) is 23.9. The third-order valence-electron chi connectivity index (χ3n) is 3.75. The van der Waals surface area contributed by atoms with Gasteiger partial charge in [-0.2, -0.15) is 0 Å². The summed E-state index contributed by atoms with van der Waals surface area (Å²) in [6.45, 7) is 1.08. The molecule has 0 aliphatic carbocycles. The van der Waals surface area contributed by atoms with Crippen LogP contribution in [-0.4, -0.2) is 39.7 Å². The standard InChI is InChI=1S/C19H22N2O5S/c1-15-8-6-7-11-17(15)21(27(2,24)25)13-19(23)26-14-18(22)20-12-16-9-4-3-5-10-16/h3-11H,12-14H2,1-2H3,(H,20,22). The summed E-state index contributed by atoms with van der Waals surface area (Å²) in [5, 5.41) is 2.63. The van der Waals surface area contributed by atoms with Crippen LogP contribution < -0.4 is 9.62 Å². The highest BCUT2D eigenvalue weighted by molar-refractivity contribution is 7.92. The van der Waals surface area contributed by atoms with Crippen molar-refractivity contribution in [2.75, 3.05) is 23.7 Å². The van der Waals surface area contributed by atoms with Crippen molar-refractivity contribution in [1.29, 1.82) is 0 Å². The predicted octanol–water partition coefficient (Wildman–Crippen LogP) is 1.62. The summed E-state index contributed by atoms with van der Waals surface area (Å²) in [6.07, 6.45) is 1.01. The highest BCUT2D eigenvalue weighted by atomic mass is 32.2. The quantitative estimate of drug-likeness (QED) is 0.692. The van der Waals surface area contributed by atoms with Crippen molar-refractivity contribution in [2.45, 2.75) is 13.5 Å². The van der Waals surface area contributed by atoms with Crippen molar-refractivity contribution in [3.63, 3.8) is 0 Å². The topological polar surface area (TPSA) is 92.8 Å². The van der Waals surface area contributed by atoms with Gasteiger partial charge in [0.1, 0.15) is 6.54 Å². The molecule has 0 radical (unpaired) electrons. The molecule has 144 valence electrons. The van der Waals surface area contributed by atoms with Crippen LogP contribution in [0.2, 0.25) is 0 Å². The summed E-state index contributed by atoms with van der Waals surface area (Å²) in [7, 11) is -3.69. The third kappa shape index (κ3) is 6.41.